The Kier molecular flexibility index (Phi) is 7.04. The molecule has 1 aliphatic rings. The third-order valence-electron chi connectivity index (χ3n) is 6.39. The van der Waals surface area contributed by atoms with Gasteiger partial charge in [0, 0.05) is 35.4 Å². The zero-order valence-corrected chi connectivity index (χ0v) is 20.5. The van der Waals surface area contributed by atoms with Gasteiger partial charge in [-0.05, 0) is 67.8 Å². The van der Waals surface area contributed by atoms with Gasteiger partial charge in [-0.2, -0.15) is 0 Å². The van der Waals surface area contributed by atoms with Crippen LogP contribution in [0.1, 0.15) is 26.2 Å². The van der Waals surface area contributed by atoms with E-state index >= 15 is 4.39 Å². The van der Waals surface area contributed by atoms with E-state index in [2.05, 4.69) is 49.5 Å². The Balaban J connectivity index is 1.40. The average Bonchev–Trinajstić information content (AvgIpc) is 2.91. The SMILES string of the molecule is C=CC(=O)Nc1cccc(-c2c(F)ccc3cnc(Nc4ccc(NN5CCCCC5C)nc4)nc23)c1. The highest BCUT2D eigenvalue weighted by molar-refractivity contribution is 6.00. The first-order chi connectivity index (χ1) is 18.0. The fraction of sp³-hybridized carbons (Fsp3) is 0.214. The Bertz CT molecular complexity index is 1440. The zero-order chi connectivity index (χ0) is 25.8. The fourth-order valence-corrected chi connectivity index (χ4v) is 4.43. The second-order valence-corrected chi connectivity index (χ2v) is 9.04. The van der Waals surface area contributed by atoms with Crippen LogP contribution in [0.15, 0.2) is 73.6 Å². The number of benzene rings is 2. The summed E-state index contributed by atoms with van der Waals surface area (Å²) in [4.78, 5) is 25.3. The molecule has 1 fully saturated rings. The van der Waals surface area contributed by atoms with Crippen molar-refractivity contribution in [2.24, 2.45) is 0 Å². The lowest BCUT2D eigenvalue weighted by molar-refractivity contribution is -0.111. The maximum Gasteiger partial charge on any atom is 0.247 e. The number of aromatic nitrogens is 3. The number of hydrazine groups is 1. The molecule has 8 nitrogen and oxygen atoms in total. The van der Waals surface area contributed by atoms with Crippen LogP contribution >= 0.6 is 0 Å². The monoisotopic (exact) mass is 497 g/mol. The molecule has 1 aliphatic heterocycles. The van der Waals surface area contributed by atoms with Crippen LogP contribution in [0.25, 0.3) is 22.0 Å². The second kappa shape index (κ2) is 10.7. The van der Waals surface area contributed by atoms with Crippen LogP contribution in [0, 0.1) is 5.82 Å². The van der Waals surface area contributed by atoms with E-state index in [1.807, 2.05) is 12.1 Å². The van der Waals surface area contributed by atoms with Crippen molar-refractivity contribution in [3.8, 4) is 11.1 Å². The molecule has 4 aromatic rings. The first-order valence-electron chi connectivity index (χ1n) is 12.3. The molecule has 2 aromatic heterocycles. The topological polar surface area (TPSA) is 95.1 Å². The molecule has 3 heterocycles. The molecule has 1 saturated heterocycles. The molecule has 2 aromatic carbocycles. The molecule has 1 amide bonds. The Hall–Kier alpha value is -4.37. The standard InChI is InChI=1S/C28H28FN7O/c1-3-25(37)32-21-9-6-8-19(15-21)26-23(29)12-10-20-16-31-28(34-27(20)26)33-22-11-13-24(30-17-22)35-36-14-5-4-7-18(36)2/h3,6,8-13,15-18H,1,4-5,7,14H2,2H3,(H,30,35)(H,32,37)(H,31,33,34). The number of hydrogen-bond acceptors (Lipinski definition) is 7. The summed E-state index contributed by atoms with van der Waals surface area (Å²) in [5, 5.41) is 8.78. The van der Waals surface area contributed by atoms with Gasteiger partial charge >= 0.3 is 0 Å². The van der Waals surface area contributed by atoms with Crippen LogP contribution in [-0.4, -0.2) is 38.5 Å². The van der Waals surface area contributed by atoms with Crippen molar-refractivity contribution < 1.29 is 9.18 Å². The molecule has 188 valence electrons. The smallest absolute Gasteiger partial charge is 0.247 e. The largest absolute Gasteiger partial charge is 0.323 e. The van der Waals surface area contributed by atoms with Crippen molar-refractivity contribution in [2.45, 2.75) is 32.2 Å². The normalized spacial score (nSPS) is 15.8. The van der Waals surface area contributed by atoms with Crippen LogP contribution in [0.4, 0.5) is 27.5 Å². The highest BCUT2D eigenvalue weighted by Gasteiger charge is 2.18. The van der Waals surface area contributed by atoms with Crippen LogP contribution in [0.5, 0.6) is 0 Å². The van der Waals surface area contributed by atoms with E-state index in [4.69, 9.17) is 0 Å². The van der Waals surface area contributed by atoms with Crippen LogP contribution < -0.4 is 16.1 Å². The summed E-state index contributed by atoms with van der Waals surface area (Å²) in [6.45, 7) is 6.67. The summed E-state index contributed by atoms with van der Waals surface area (Å²) >= 11 is 0. The van der Waals surface area contributed by atoms with Gasteiger partial charge in [0.2, 0.25) is 11.9 Å². The molecule has 1 atom stereocenters. The Morgan fingerprint density at radius 1 is 1.11 bits per heavy atom. The summed E-state index contributed by atoms with van der Waals surface area (Å²) < 4.78 is 15.1. The summed E-state index contributed by atoms with van der Waals surface area (Å²) in [6, 6.07) is 14.3. The van der Waals surface area contributed by atoms with Gasteiger partial charge in [0.15, 0.2) is 0 Å². The number of carbonyl (C=O) groups excluding carboxylic acids is 1. The molecule has 9 heteroatoms. The van der Waals surface area contributed by atoms with E-state index in [-0.39, 0.29) is 5.91 Å². The predicted molar refractivity (Wildman–Crippen MR) is 145 cm³/mol. The van der Waals surface area contributed by atoms with Crippen molar-refractivity contribution in [2.75, 3.05) is 22.6 Å². The number of piperidine rings is 1. The van der Waals surface area contributed by atoms with Crippen molar-refractivity contribution in [1.82, 2.24) is 20.0 Å². The number of anilines is 4. The molecular weight excluding hydrogens is 469 g/mol. The molecule has 5 rings (SSSR count). The summed E-state index contributed by atoms with van der Waals surface area (Å²) in [5.74, 6) is 0.326. The van der Waals surface area contributed by atoms with Crippen molar-refractivity contribution in [3.63, 3.8) is 0 Å². The number of fused-ring (bicyclic) bond motifs is 1. The predicted octanol–water partition coefficient (Wildman–Crippen LogP) is 5.90. The van der Waals surface area contributed by atoms with Crippen molar-refractivity contribution in [1.29, 1.82) is 0 Å². The number of nitrogens with zero attached hydrogens (tertiary/aromatic N) is 4. The summed E-state index contributed by atoms with van der Waals surface area (Å²) in [7, 11) is 0. The van der Waals surface area contributed by atoms with Gasteiger partial charge in [0.1, 0.15) is 11.6 Å². The van der Waals surface area contributed by atoms with Crippen LogP contribution in [0.2, 0.25) is 0 Å². The van der Waals surface area contributed by atoms with E-state index in [1.165, 1.54) is 31.4 Å². The molecule has 0 radical (unpaired) electrons. The van der Waals surface area contributed by atoms with Crippen molar-refractivity contribution in [3.05, 3.63) is 79.4 Å². The van der Waals surface area contributed by atoms with Crippen molar-refractivity contribution >= 4 is 40.0 Å². The number of carbonyl (C=O) groups is 1. The van der Waals surface area contributed by atoms with Gasteiger partial charge in [-0.25, -0.2) is 24.4 Å². The molecule has 3 N–H and O–H groups in total. The maximum absolute atomic E-state index is 15.1. The minimum atomic E-state index is -0.423. The molecule has 0 spiro atoms. The Morgan fingerprint density at radius 3 is 2.78 bits per heavy atom. The van der Waals surface area contributed by atoms with E-state index in [9.17, 15) is 4.79 Å². The van der Waals surface area contributed by atoms with Gasteiger partial charge in [-0.3, -0.25) is 4.79 Å². The van der Waals surface area contributed by atoms with Gasteiger partial charge < -0.3 is 16.1 Å². The highest BCUT2D eigenvalue weighted by Crippen LogP contribution is 2.32. The zero-order valence-electron chi connectivity index (χ0n) is 20.5. The molecule has 37 heavy (non-hydrogen) atoms. The third kappa shape index (κ3) is 5.57. The van der Waals surface area contributed by atoms with E-state index in [0.29, 0.717) is 45.4 Å². The number of halogens is 1. The van der Waals surface area contributed by atoms with Gasteiger partial charge in [0.25, 0.3) is 0 Å². The lowest BCUT2D eigenvalue weighted by atomic mass is 10.0. The quantitative estimate of drug-likeness (QED) is 0.274. The average molecular weight is 498 g/mol. The van der Waals surface area contributed by atoms with E-state index in [1.54, 1.807) is 42.7 Å². The van der Waals surface area contributed by atoms with Gasteiger partial charge in [-0.15, -0.1) is 0 Å². The van der Waals surface area contributed by atoms with Gasteiger partial charge in [0.05, 0.1) is 17.4 Å². The molecular formula is C28H28FN7O. The molecule has 0 aliphatic carbocycles. The maximum atomic E-state index is 15.1. The minimum Gasteiger partial charge on any atom is -0.323 e. The molecule has 0 saturated carbocycles. The number of amides is 1. The Labute approximate surface area is 214 Å². The highest BCUT2D eigenvalue weighted by atomic mass is 19.1. The van der Waals surface area contributed by atoms with E-state index in [0.717, 1.165) is 12.4 Å². The third-order valence-corrected chi connectivity index (χ3v) is 6.39. The number of rotatable bonds is 7. The van der Waals surface area contributed by atoms with Crippen LogP contribution in [-0.2, 0) is 4.79 Å². The lowest BCUT2D eigenvalue weighted by Gasteiger charge is -2.33. The minimum absolute atomic E-state index is 0.322. The van der Waals surface area contributed by atoms with Crippen LogP contribution in [0.3, 0.4) is 0 Å². The summed E-state index contributed by atoms with van der Waals surface area (Å²) in [6.07, 6.45) is 8.14. The fourth-order valence-electron chi connectivity index (χ4n) is 4.43. The number of hydrogen-bond donors (Lipinski definition) is 3. The molecule has 1 unspecified atom stereocenters. The first kappa shape index (κ1) is 24.3. The summed E-state index contributed by atoms with van der Waals surface area (Å²) in [5.41, 5.74) is 5.99. The Morgan fingerprint density at radius 2 is 2.00 bits per heavy atom. The van der Waals surface area contributed by atoms with E-state index < -0.39 is 5.82 Å². The number of nitrogens with one attached hydrogen (secondary N) is 3. The first-order valence-corrected chi connectivity index (χ1v) is 12.3. The number of pyridine rings is 1. The lowest BCUT2D eigenvalue weighted by Crippen LogP contribution is -2.41. The second-order valence-electron chi connectivity index (χ2n) is 9.04. The van der Waals surface area contributed by atoms with Gasteiger partial charge in [-0.1, -0.05) is 25.1 Å². The molecule has 0 bridgehead atoms.